The zero-order valence-corrected chi connectivity index (χ0v) is 10.6. The maximum Gasteiger partial charge on any atom is 0.142 e. The first-order valence-electron chi connectivity index (χ1n) is 5.75. The summed E-state index contributed by atoms with van der Waals surface area (Å²) in [5.74, 6) is 1.41. The van der Waals surface area contributed by atoms with Crippen molar-refractivity contribution in [1.82, 2.24) is 4.98 Å². The second-order valence-corrected chi connectivity index (χ2v) is 4.12. The van der Waals surface area contributed by atoms with E-state index in [-0.39, 0.29) is 0 Å². The lowest BCUT2D eigenvalue weighted by Crippen LogP contribution is -2.17. The van der Waals surface area contributed by atoms with Gasteiger partial charge in [0.05, 0.1) is 12.8 Å². The molecule has 2 N–H and O–H groups in total. The van der Waals surface area contributed by atoms with Crippen LogP contribution in [-0.4, -0.2) is 19.1 Å². The number of benzene rings is 1. The Hall–Kier alpha value is -2.23. The van der Waals surface area contributed by atoms with Crippen LogP contribution < -0.4 is 15.4 Å². The third-order valence-corrected chi connectivity index (χ3v) is 2.76. The van der Waals surface area contributed by atoms with E-state index in [9.17, 15) is 0 Å². The fourth-order valence-corrected chi connectivity index (χ4v) is 1.90. The maximum atomic E-state index is 5.67. The van der Waals surface area contributed by atoms with Gasteiger partial charge < -0.3 is 15.4 Å². The molecule has 4 heteroatoms. The Bertz CT molecular complexity index is 528. The number of nitrogens with two attached hydrogens (primary N) is 1. The Morgan fingerprint density at radius 2 is 2.06 bits per heavy atom. The van der Waals surface area contributed by atoms with E-state index in [1.54, 1.807) is 13.3 Å². The number of hydrogen-bond donors (Lipinski definition) is 1. The summed E-state index contributed by atoms with van der Waals surface area (Å²) in [6.07, 6.45) is 1.72. The molecule has 94 valence electrons. The van der Waals surface area contributed by atoms with Crippen LogP contribution in [0.25, 0.3) is 0 Å². The molecule has 0 aliphatic carbocycles. The molecule has 0 aliphatic heterocycles. The Morgan fingerprint density at radius 3 is 2.78 bits per heavy atom. The van der Waals surface area contributed by atoms with E-state index in [0.29, 0.717) is 5.82 Å². The molecular formula is C14H17N3O. The lowest BCUT2D eigenvalue weighted by Gasteiger charge is -2.21. The number of pyridine rings is 1. The minimum atomic E-state index is 0.543. The van der Waals surface area contributed by atoms with E-state index < -0.39 is 0 Å². The van der Waals surface area contributed by atoms with Crippen molar-refractivity contribution >= 4 is 11.5 Å². The van der Waals surface area contributed by atoms with E-state index in [2.05, 4.69) is 9.88 Å². The van der Waals surface area contributed by atoms with Crippen molar-refractivity contribution in [2.24, 2.45) is 0 Å². The van der Waals surface area contributed by atoms with Crippen molar-refractivity contribution in [3.8, 4) is 5.75 Å². The van der Waals surface area contributed by atoms with Gasteiger partial charge in [-0.05, 0) is 29.8 Å². The van der Waals surface area contributed by atoms with Gasteiger partial charge in [-0.25, -0.2) is 4.98 Å². The highest BCUT2D eigenvalue weighted by atomic mass is 16.5. The summed E-state index contributed by atoms with van der Waals surface area (Å²) in [7, 11) is 3.70. The molecule has 0 fully saturated rings. The Kier molecular flexibility index (Phi) is 3.67. The molecule has 0 aliphatic rings. The van der Waals surface area contributed by atoms with Crippen LogP contribution in [0.5, 0.6) is 5.75 Å². The molecule has 0 saturated carbocycles. The van der Waals surface area contributed by atoms with Crippen LogP contribution in [0.2, 0.25) is 0 Å². The Morgan fingerprint density at radius 1 is 1.28 bits per heavy atom. The number of nitrogen functional groups attached to an aromatic ring is 1. The number of nitrogens with zero attached hydrogens (tertiary/aromatic N) is 2. The molecule has 1 aromatic heterocycles. The van der Waals surface area contributed by atoms with Gasteiger partial charge in [-0.1, -0.05) is 12.1 Å². The number of anilines is 2. The summed E-state index contributed by atoms with van der Waals surface area (Å²) in [4.78, 5) is 6.11. The fourth-order valence-electron chi connectivity index (χ4n) is 1.90. The first-order chi connectivity index (χ1) is 8.70. The van der Waals surface area contributed by atoms with E-state index in [0.717, 1.165) is 23.5 Å². The molecule has 0 unspecified atom stereocenters. The van der Waals surface area contributed by atoms with Crippen LogP contribution in [-0.2, 0) is 6.54 Å². The van der Waals surface area contributed by atoms with E-state index >= 15 is 0 Å². The lowest BCUT2D eigenvalue weighted by atomic mass is 10.2. The summed E-state index contributed by atoms with van der Waals surface area (Å²) in [6.45, 7) is 0.757. The van der Waals surface area contributed by atoms with Gasteiger partial charge in [0.1, 0.15) is 11.6 Å². The summed E-state index contributed by atoms with van der Waals surface area (Å²) < 4.78 is 5.35. The second kappa shape index (κ2) is 5.40. The molecule has 0 spiro atoms. The normalized spacial score (nSPS) is 10.1. The predicted octanol–water partition coefficient (Wildman–Crippen LogP) is 2.31. The first-order valence-corrected chi connectivity index (χ1v) is 5.75. The highest BCUT2D eigenvalue weighted by Crippen LogP contribution is 2.27. The van der Waals surface area contributed by atoms with Crippen LogP contribution in [0.3, 0.4) is 0 Å². The summed E-state index contributed by atoms with van der Waals surface area (Å²) in [5, 5.41) is 0. The third-order valence-electron chi connectivity index (χ3n) is 2.76. The van der Waals surface area contributed by atoms with Crippen molar-refractivity contribution in [2.45, 2.75) is 6.54 Å². The molecule has 4 nitrogen and oxygen atoms in total. The standard InChI is InChI=1S/C14H17N3O/c1-17(10-11-7-8-16-14(15)9-11)12-5-3-4-6-13(12)18-2/h3-9H,10H2,1-2H3,(H2,15,16). The number of methoxy groups -OCH3 is 1. The van der Waals surface area contributed by atoms with Gasteiger partial charge in [-0.3, -0.25) is 0 Å². The maximum absolute atomic E-state index is 5.67. The number of rotatable bonds is 4. The molecule has 2 rings (SSSR count). The minimum Gasteiger partial charge on any atom is -0.495 e. The van der Waals surface area contributed by atoms with Gasteiger partial charge in [0.25, 0.3) is 0 Å². The van der Waals surface area contributed by atoms with E-state index in [1.807, 2.05) is 43.4 Å². The van der Waals surface area contributed by atoms with Gasteiger partial charge >= 0.3 is 0 Å². The van der Waals surface area contributed by atoms with E-state index in [4.69, 9.17) is 10.5 Å². The van der Waals surface area contributed by atoms with Gasteiger partial charge in [-0.15, -0.1) is 0 Å². The zero-order chi connectivity index (χ0) is 13.0. The largest absolute Gasteiger partial charge is 0.495 e. The zero-order valence-electron chi connectivity index (χ0n) is 10.6. The van der Waals surface area contributed by atoms with Crippen LogP contribution in [0.1, 0.15) is 5.56 Å². The minimum absolute atomic E-state index is 0.543. The first kappa shape index (κ1) is 12.2. The molecule has 0 amide bonds. The Labute approximate surface area is 107 Å². The average molecular weight is 243 g/mol. The molecule has 0 radical (unpaired) electrons. The molecule has 2 aromatic rings. The summed E-state index contributed by atoms with van der Waals surface area (Å²) in [6, 6.07) is 11.8. The Balaban J connectivity index is 2.19. The van der Waals surface area contributed by atoms with Crippen molar-refractivity contribution in [3.63, 3.8) is 0 Å². The molecule has 1 aromatic carbocycles. The van der Waals surface area contributed by atoms with Gasteiger partial charge in [-0.2, -0.15) is 0 Å². The second-order valence-electron chi connectivity index (χ2n) is 4.12. The topological polar surface area (TPSA) is 51.4 Å². The predicted molar refractivity (Wildman–Crippen MR) is 73.8 cm³/mol. The SMILES string of the molecule is COc1ccccc1N(C)Cc1ccnc(N)c1. The van der Waals surface area contributed by atoms with Gasteiger partial charge in [0.2, 0.25) is 0 Å². The van der Waals surface area contributed by atoms with Crippen LogP contribution in [0.15, 0.2) is 42.6 Å². The van der Waals surface area contributed by atoms with Crippen LogP contribution in [0.4, 0.5) is 11.5 Å². The van der Waals surface area contributed by atoms with Gasteiger partial charge in [0.15, 0.2) is 0 Å². The number of hydrogen-bond acceptors (Lipinski definition) is 4. The van der Waals surface area contributed by atoms with Crippen LogP contribution >= 0.6 is 0 Å². The van der Waals surface area contributed by atoms with Crippen molar-refractivity contribution in [3.05, 3.63) is 48.2 Å². The number of ether oxygens (including phenoxy) is 1. The smallest absolute Gasteiger partial charge is 0.142 e. The molecule has 0 atom stereocenters. The quantitative estimate of drug-likeness (QED) is 0.895. The molecule has 18 heavy (non-hydrogen) atoms. The van der Waals surface area contributed by atoms with Crippen LogP contribution in [0, 0.1) is 0 Å². The number of para-hydroxylation sites is 2. The third kappa shape index (κ3) is 2.71. The van der Waals surface area contributed by atoms with E-state index in [1.165, 1.54) is 0 Å². The lowest BCUT2D eigenvalue weighted by molar-refractivity contribution is 0.415. The molecular weight excluding hydrogens is 226 g/mol. The summed E-state index contributed by atoms with van der Waals surface area (Å²) in [5.41, 5.74) is 7.85. The van der Waals surface area contributed by atoms with Crippen molar-refractivity contribution in [1.29, 1.82) is 0 Å². The molecule has 0 bridgehead atoms. The monoisotopic (exact) mass is 243 g/mol. The molecule has 1 heterocycles. The molecule has 0 saturated heterocycles. The van der Waals surface area contributed by atoms with Crippen molar-refractivity contribution < 1.29 is 4.74 Å². The van der Waals surface area contributed by atoms with Crippen molar-refractivity contribution in [2.75, 3.05) is 24.8 Å². The highest BCUT2D eigenvalue weighted by molar-refractivity contribution is 5.58. The van der Waals surface area contributed by atoms with Gasteiger partial charge in [0, 0.05) is 19.8 Å². The fraction of sp³-hybridized carbons (Fsp3) is 0.214. The summed E-state index contributed by atoms with van der Waals surface area (Å²) >= 11 is 0. The number of aromatic nitrogens is 1. The average Bonchev–Trinajstić information content (AvgIpc) is 2.38. The highest BCUT2D eigenvalue weighted by Gasteiger charge is 2.07.